The molecule has 2 aromatic rings. The average Bonchev–Trinajstić information content (AvgIpc) is 3.11. The Kier molecular flexibility index (Phi) is 4.25. The first-order valence-electron chi connectivity index (χ1n) is 7.96. The molecule has 0 saturated carbocycles. The molecule has 0 radical (unpaired) electrons. The molecule has 7 nitrogen and oxygen atoms in total. The Balaban J connectivity index is 1.42. The number of nitrogens with zero attached hydrogens (tertiary/aromatic N) is 1. The number of amides is 4. The van der Waals surface area contributed by atoms with Crippen LogP contribution in [0.2, 0.25) is 0 Å². The Morgan fingerprint density at radius 2 is 1.56 bits per heavy atom. The van der Waals surface area contributed by atoms with Crippen molar-refractivity contribution >= 4 is 40.8 Å². The van der Waals surface area contributed by atoms with E-state index >= 15 is 0 Å². The van der Waals surface area contributed by atoms with Gasteiger partial charge in [-0.05, 0) is 47.7 Å². The summed E-state index contributed by atoms with van der Waals surface area (Å²) in [5.41, 5.74) is 1.46. The number of hydrogen-bond acceptors (Lipinski definition) is 6. The van der Waals surface area contributed by atoms with Crippen LogP contribution in [0.15, 0.2) is 53.4 Å². The van der Waals surface area contributed by atoms with Crippen LogP contribution in [-0.4, -0.2) is 34.6 Å². The number of fused-ring (bicyclic) bond motifs is 1. The number of ether oxygens (including phenoxy) is 1. The van der Waals surface area contributed by atoms with Gasteiger partial charge in [-0.25, -0.2) is 4.90 Å². The molecular formula is C19H12N2O5S. The molecule has 2 heterocycles. The summed E-state index contributed by atoms with van der Waals surface area (Å²) in [6.07, 6.45) is 1.60. The first-order valence-corrected chi connectivity index (χ1v) is 8.77. The van der Waals surface area contributed by atoms with Gasteiger partial charge in [-0.2, -0.15) is 0 Å². The number of rotatable bonds is 4. The number of carbonyl (C=O) groups is 4. The smallest absolute Gasteiger partial charge is 0.290 e. The Hall–Kier alpha value is -3.39. The summed E-state index contributed by atoms with van der Waals surface area (Å²) in [6.45, 7) is -0.195. The van der Waals surface area contributed by atoms with Crippen molar-refractivity contribution in [3.63, 3.8) is 0 Å². The minimum atomic E-state index is -0.420. The third kappa shape index (κ3) is 3.22. The second-order valence-corrected chi connectivity index (χ2v) is 6.79. The molecule has 0 aromatic heterocycles. The molecule has 0 bridgehead atoms. The van der Waals surface area contributed by atoms with Crippen LogP contribution in [-0.2, 0) is 4.79 Å². The maximum Gasteiger partial charge on any atom is 0.290 e. The molecule has 134 valence electrons. The van der Waals surface area contributed by atoms with Crippen LogP contribution in [0.1, 0.15) is 26.3 Å². The highest BCUT2D eigenvalue weighted by molar-refractivity contribution is 8.18. The molecule has 2 aliphatic heterocycles. The van der Waals surface area contributed by atoms with Crippen molar-refractivity contribution in [2.45, 2.75) is 0 Å². The number of imide groups is 2. The van der Waals surface area contributed by atoms with Crippen molar-refractivity contribution in [3.8, 4) is 5.75 Å². The predicted molar refractivity (Wildman–Crippen MR) is 98.0 cm³/mol. The van der Waals surface area contributed by atoms with Crippen LogP contribution < -0.4 is 10.1 Å². The van der Waals surface area contributed by atoms with E-state index in [1.807, 2.05) is 0 Å². The third-order valence-electron chi connectivity index (χ3n) is 4.06. The summed E-state index contributed by atoms with van der Waals surface area (Å²) in [4.78, 5) is 48.6. The Bertz CT molecular complexity index is 978. The third-order valence-corrected chi connectivity index (χ3v) is 4.87. The van der Waals surface area contributed by atoms with Crippen LogP contribution in [0.25, 0.3) is 6.08 Å². The van der Waals surface area contributed by atoms with E-state index in [9.17, 15) is 19.2 Å². The molecule has 1 fully saturated rings. The highest BCUT2D eigenvalue weighted by atomic mass is 32.2. The van der Waals surface area contributed by atoms with E-state index in [2.05, 4.69) is 5.32 Å². The zero-order valence-corrected chi connectivity index (χ0v) is 14.6. The first-order chi connectivity index (χ1) is 13.0. The van der Waals surface area contributed by atoms with E-state index in [0.29, 0.717) is 21.8 Å². The Morgan fingerprint density at radius 3 is 2.11 bits per heavy atom. The molecule has 2 aliphatic rings. The highest BCUT2D eigenvalue weighted by Crippen LogP contribution is 2.26. The van der Waals surface area contributed by atoms with E-state index in [0.717, 1.165) is 22.2 Å². The molecule has 0 atom stereocenters. The standard InChI is InChI=1S/C19H12N2O5S/c22-16-15(27-19(25)20-16)9-11-5-7-12(8-6-11)26-10-21-17(23)13-3-1-2-4-14(13)18(21)24/h1-9H,10H2,(H,20,22,25)/b15-9-. The molecule has 0 spiro atoms. The van der Waals surface area contributed by atoms with Gasteiger partial charge in [0.2, 0.25) is 0 Å². The Morgan fingerprint density at radius 1 is 0.926 bits per heavy atom. The summed E-state index contributed by atoms with van der Waals surface area (Å²) in [5, 5.41) is 1.79. The zero-order valence-electron chi connectivity index (χ0n) is 13.8. The quantitative estimate of drug-likeness (QED) is 0.648. The normalized spacial score (nSPS) is 17.5. The molecule has 27 heavy (non-hydrogen) atoms. The maximum atomic E-state index is 12.3. The molecule has 2 aromatic carbocycles. The van der Waals surface area contributed by atoms with Crippen molar-refractivity contribution in [1.29, 1.82) is 0 Å². The second kappa shape index (κ2) is 6.73. The van der Waals surface area contributed by atoms with E-state index in [1.54, 1.807) is 54.6 Å². The fourth-order valence-electron chi connectivity index (χ4n) is 2.73. The second-order valence-electron chi connectivity index (χ2n) is 5.78. The SMILES string of the molecule is O=C1NC(=O)/C(=C/c2ccc(OCN3C(=O)c4ccccc4C3=O)cc2)S1. The molecule has 4 amide bonds. The van der Waals surface area contributed by atoms with E-state index in [1.165, 1.54) is 0 Å². The van der Waals surface area contributed by atoms with Gasteiger partial charge in [0.15, 0.2) is 6.73 Å². The number of benzene rings is 2. The topological polar surface area (TPSA) is 92.8 Å². The number of carbonyl (C=O) groups excluding carboxylic acids is 4. The molecule has 8 heteroatoms. The van der Waals surface area contributed by atoms with Gasteiger partial charge >= 0.3 is 0 Å². The van der Waals surface area contributed by atoms with Gasteiger partial charge in [0.25, 0.3) is 23.0 Å². The van der Waals surface area contributed by atoms with Crippen molar-refractivity contribution in [2.75, 3.05) is 6.73 Å². The molecule has 1 saturated heterocycles. The fourth-order valence-corrected chi connectivity index (χ4v) is 3.41. The van der Waals surface area contributed by atoms with Crippen molar-refractivity contribution in [2.24, 2.45) is 0 Å². The predicted octanol–water partition coefficient (Wildman–Crippen LogP) is 2.64. The molecule has 1 N–H and O–H groups in total. The molecule has 0 aliphatic carbocycles. The van der Waals surface area contributed by atoms with E-state index < -0.39 is 11.1 Å². The summed E-state index contributed by atoms with van der Waals surface area (Å²) in [7, 11) is 0. The maximum absolute atomic E-state index is 12.3. The van der Waals surface area contributed by atoms with Crippen LogP contribution >= 0.6 is 11.8 Å². The summed E-state index contributed by atoms with van der Waals surface area (Å²) in [5.74, 6) is -0.721. The molecule has 0 unspecified atom stereocenters. The van der Waals surface area contributed by atoms with Crippen LogP contribution in [0.5, 0.6) is 5.75 Å². The monoisotopic (exact) mass is 380 g/mol. The molecule has 4 rings (SSSR count). The lowest BCUT2D eigenvalue weighted by molar-refractivity contribution is -0.115. The van der Waals surface area contributed by atoms with Gasteiger partial charge in [-0.3, -0.25) is 24.5 Å². The van der Waals surface area contributed by atoms with Crippen LogP contribution in [0.4, 0.5) is 4.79 Å². The van der Waals surface area contributed by atoms with Crippen LogP contribution in [0, 0.1) is 0 Å². The Labute approximate surface area is 158 Å². The van der Waals surface area contributed by atoms with Crippen molar-refractivity contribution in [1.82, 2.24) is 10.2 Å². The average molecular weight is 380 g/mol. The van der Waals surface area contributed by atoms with Gasteiger partial charge in [0.1, 0.15) is 5.75 Å². The van der Waals surface area contributed by atoms with Gasteiger partial charge in [0, 0.05) is 0 Å². The van der Waals surface area contributed by atoms with Crippen molar-refractivity contribution < 1.29 is 23.9 Å². The van der Waals surface area contributed by atoms with E-state index in [-0.39, 0.29) is 18.5 Å². The van der Waals surface area contributed by atoms with Gasteiger partial charge < -0.3 is 4.74 Å². The summed E-state index contributed by atoms with van der Waals surface area (Å²) < 4.78 is 5.55. The van der Waals surface area contributed by atoms with Crippen molar-refractivity contribution in [3.05, 3.63) is 70.1 Å². The summed E-state index contributed by atoms with van der Waals surface area (Å²) in [6, 6.07) is 13.4. The van der Waals surface area contributed by atoms with Gasteiger partial charge in [0.05, 0.1) is 16.0 Å². The van der Waals surface area contributed by atoms with Gasteiger partial charge in [-0.1, -0.05) is 24.3 Å². The largest absolute Gasteiger partial charge is 0.473 e. The van der Waals surface area contributed by atoms with E-state index in [4.69, 9.17) is 4.74 Å². The van der Waals surface area contributed by atoms with Crippen LogP contribution in [0.3, 0.4) is 0 Å². The highest BCUT2D eigenvalue weighted by Gasteiger charge is 2.35. The van der Waals surface area contributed by atoms with Gasteiger partial charge in [-0.15, -0.1) is 0 Å². The zero-order chi connectivity index (χ0) is 19.0. The summed E-state index contributed by atoms with van der Waals surface area (Å²) >= 11 is 0.843. The number of nitrogens with one attached hydrogen (secondary N) is 1. The lowest BCUT2D eigenvalue weighted by Crippen LogP contribution is -2.33. The molecular weight excluding hydrogens is 368 g/mol. The number of hydrogen-bond donors (Lipinski definition) is 1. The lowest BCUT2D eigenvalue weighted by Gasteiger charge is -2.15. The lowest BCUT2D eigenvalue weighted by atomic mass is 10.1. The number of thioether (sulfide) groups is 1. The fraction of sp³-hybridized carbons (Fsp3) is 0.0526. The minimum Gasteiger partial charge on any atom is -0.473 e. The first kappa shape index (κ1) is 17.0. The minimum absolute atomic E-state index is 0.195.